The summed E-state index contributed by atoms with van der Waals surface area (Å²) in [5.41, 5.74) is 0.614. The fourth-order valence-corrected chi connectivity index (χ4v) is 4.25. The van der Waals surface area contributed by atoms with E-state index < -0.39 is 6.04 Å². The van der Waals surface area contributed by atoms with Gasteiger partial charge in [-0.3, -0.25) is 9.59 Å². The van der Waals surface area contributed by atoms with Gasteiger partial charge in [-0.2, -0.15) is 0 Å². The van der Waals surface area contributed by atoms with Crippen molar-refractivity contribution in [2.45, 2.75) is 57.7 Å². The van der Waals surface area contributed by atoms with Crippen LogP contribution in [0, 0.1) is 0 Å². The number of amides is 2. The van der Waals surface area contributed by atoms with Crippen LogP contribution in [0.2, 0.25) is 0 Å². The maximum absolute atomic E-state index is 13.6. The van der Waals surface area contributed by atoms with Crippen LogP contribution in [0.4, 0.5) is 0 Å². The minimum absolute atomic E-state index is 0.0971. The van der Waals surface area contributed by atoms with Gasteiger partial charge in [0.2, 0.25) is 11.8 Å². The molecular formula is C24H31ClN2O5. The number of hydrogen-bond acceptors (Lipinski definition) is 5. The lowest BCUT2D eigenvalue weighted by molar-refractivity contribution is -0.140. The molecule has 7 nitrogen and oxygen atoms in total. The minimum atomic E-state index is -0.891. The average molecular weight is 463 g/mol. The van der Waals surface area contributed by atoms with E-state index in [1.54, 1.807) is 37.4 Å². The van der Waals surface area contributed by atoms with Gasteiger partial charge in [-0.05, 0) is 49.6 Å². The van der Waals surface area contributed by atoms with E-state index in [4.69, 9.17) is 25.5 Å². The monoisotopic (exact) mass is 462 g/mol. The number of nitrogens with zero attached hydrogens (tertiary/aromatic N) is 1. The summed E-state index contributed by atoms with van der Waals surface area (Å²) in [6.45, 7) is 2.49. The Morgan fingerprint density at radius 3 is 2.62 bits per heavy atom. The van der Waals surface area contributed by atoms with Crippen molar-refractivity contribution in [1.82, 2.24) is 10.2 Å². The third-order valence-corrected chi connectivity index (χ3v) is 5.88. The molecule has 0 radical (unpaired) electrons. The van der Waals surface area contributed by atoms with Crippen LogP contribution in [0.25, 0.3) is 0 Å². The molecule has 1 fully saturated rings. The van der Waals surface area contributed by atoms with Crippen LogP contribution in [0.1, 0.15) is 56.4 Å². The number of carbonyl (C=O) groups is 2. The first-order valence-corrected chi connectivity index (χ1v) is 11.6. The first kappa shape index (κ1) is 24.0. The smallest absolute Gasteiger partial charge is 0.247 e. The molecule has 8 heteroatoms. The van der Waals surface area contributed by atoms with Gasteiger partial charge in [0.15, 0.2) is 11.5 Å². The second-order valence-corrected chi connectivity index (χ2v) is 8.09. The number of carbonyl (C=O) groups excluding carboxylic acids is 2. The first-order valence-electron chi connectivity index (χ1n) is 11.1. The van der Waals surface area contributed by atoms with Crippen LogP contribution >= 0.6 is 11.6 Å². The summed E-state index contributed by atoms with van der Waals surface area (Å²) >= 11 is 5.94. The highest BCUT2D eigenvalue weighted by molar-refractivity contribution is 6.27. The zero-order valence-electron chi connectivity index (χ0n) is 18.6. The topological polar surface area (TPSA) is 81.0 Å². The number of ether oxygens (including phenoxy) is 2. The quantitative estimate of drug-likeness (QED) is 0.528. The van der Waals surface area contributed by atoms with Crippen LogP contribution in [0.15, 0.2) is 41.0 Å². The summed E-state index contributed by atoms with van der Waals surface area (Å²) in [4.78, 5) is 27.9. The third kappa shape index (κ3) is 5.97. The van der Waals surface area contributed by atoms with Crippen molar-refractivity contribution in [1.29, 1.82) is 0 Å². The molecular weight excluding hydrogens is 432 g/mol. The van der Waals surface area contributed by atoms with Gasteiger partial charge in [0.25, 0.3) is 0 Å². The number of benzene rings is 1. The van der Waals surface area contributed by atoms with Crippen LogP contribution < -0.4 is 14.8 Å². The van der Waals surface area contributed by atoms with Gasteiger partial charge in [0.1, 0.15) is 17.7 Å². The summed E-state index contributed by atoms with van der Waals surface area (Å²) in [7, 11) is 1.54. The van der Waals surface area contributed by atoms with E-state index in [0.717, 1.165) is 25.7 Å². The molecule has 32 heavy (non-hydrogen) atoms. The predicted octanol–water partition coefficient (Wildman–Crippen LogP) is 4.44. The van der Waals surface area contributed by atoms with E-state index in [9.17, 15) is 9.59 Å². The van der Waals surface area contributed by atoms with Crippen LogP contribution in [0.3, 0.4) is 0 Å². The number of hydrogen-bond donors (Lipinski definition) is 1. The first-order chi connectivity index (χ1) is 15.6. The van der Waals surface area contributed by atoms with Gasteiger partial charge in [-0.15, -0.1) is 11.6 Å². The maximum atomic E-state index is 13.6. The molecule has 3 rings (SSSR count). The summed E-state index contributed by atoms with van der Waals surface area (Å²) in [6.07, 6.45) is 6.77. The lowest BCUT2D eigenvalue weighted by Gasteiger charge is -2.33. The molecule has 1 aliphatic carbocycles. The minimum Gasteiger partial charge on any atom is -0.493 e. The molecule has 0 bridgehead atoms. The lowest BCUT2D eigenvalue weighted by atomic mass is 9.94. The van der Waals surface area contributed by atoms with E-state index in [2.05, 4.69) is 5.32 Å². The van der Waals surface area contributed by atoms with Crippen LogP contribution in [-0.2, 0) is 16.1 Å². The molecule has 1 atom stereocenters. The number of alkyl halides is 1. The molecule has 0 unspecified atom stereocenters. The van der Waals surface area contributed by atoms with Crippen molar-refractivity contribution in [2.24, 2.45) is 0 Å². The number of nitrogens with one attached hydrogen (secondary N) is 1. The Hall–Kier alpha value is -2.67. The van der Waals surface area contributed by atoms with Crippen molar-refractivity contribution in [2.75, 3.05) is 19.6 Å². The Morgan fingerprint density at radius 2 is 2.00 bits per heavy atom. The van der Waals surface area contributed by atoms with Gasteiger partial charge in [0, 0.05) is 6.04 Å². The summed E-state index contributed by atoms with van der Waals surface area (Å²) in [5, 5.41) is 3.16. The number of halogens is 1. The molecule has 0 saturated heterocycles. The molecule has 1 aromatic heterocycles. The van der Waals surface area contributed by atoms with Crippen molar-refractivity contribution >= 4 is 23.4 Å². The zero-order valence-corrected chi connectivity index (χ0v) is 19.4. The highest BCUT2D eigenvalue weighted by Crippen LogP contribution is 2.34. The van der Waals surface area contributed by atoms with E-state index in [1.807, 2.05) is 6.92 Å². The maximum Gasteiger partial charge on any atom is 0.247 e. The Balaban J connectivity index is 1.98. The van der Waals surface area contributed by atoms with Gasteiger partial charge < -0.3 is 24.1 Å². The third-order valence-electron chi connectivity index (χ3n) is 5.66. The zero-order chi connectivity index (χ0) is 22.9. The Labute approximate surface area is 194 Å². The van der Waals surface area contributed by atoms with Crippen molar-refractivity contribution in [3.8, 4) is 11.5 Å². The highest BCUT2D eigenvalue weighted by Gasteiger charge is 2.33. The van der Waals surface area contributed by atoms with Crippen LogP contribution in [-0.4, -0.2) is 42.4 Å². The summed E-state index contributed by atoms with van der Waals surface area (Å²) in [5.74, 6) is 0.787. The molecule has 1 saturated carbocycles. The Morgan fingerprint density at radius 1 is 1.22 bits per heavy atom. The summed E-state index contributed by atoms with van der Waals surface area (Å²) < 4.78 is 16.6. The molecule has 0 spiro atoms. The Bertz CT molecular complexity index is 881. The second kappa shape index (κ2) is 11.8. The normalized spacial score (nSPS) is 15.1. The number of methoxy groups -OCH3 is 1. The predicted molar refractivity (Wildman–Crippen MR) is 122 cm³/mol. The van der Waals surface area contributed by atoms with Crippen LogP contribution in [0.5, 0.6) is 11.5 Å². The van der Waals surface area contributed by atoms with Gasteiger partial charge in [-0.25, -0.2) is 0 Å². The summed E-state index contributed by atoms with van der Waals surface area (Å²) in [6, 6.07) is 8.01. The molecule has 1 aliphatic rings. The number of rotatable bonds is 10. The van der Waals surface area contributed by atoms with Gasteiger partial charge in [0.05, 0.1) is 26.5 Å². The molecule has 1 aromatic carbocycles. The van der Waals surface area contributed by atoms with Crippen molar-refractivity contribution in [3.05, 3.63) is 47.9 Å². The highest BCUT2D eigenvalue weighted by atomic mass is 35.5. The Kier molecular flexibility index (Phi) is 8.85. The van der Waals surface area contributed by atoms with E-state index >= 15 is 0 Å². The molecule has 2 amide bonds. The standard InChI is InChI=1S/C24H31ClN2O5/c1-3-31-20-12-11-17(14-21(20)30-2)23(24(29)26-18-8-5-4-6-9-18)27(22(28)15-25)16-19-10-7-13-32-19/h7,10-14,18,23H,3-6,8-9,15-16H2,1-2H3,(H,26,29)/t23-/m0/s1. The number of furan rings is 1. The van der Waals surface area contributed by atoms with E-state index in [-0.39, 0.29) is 30.3 Å². The fraction of sp³-hybridized carbons (Fsp3) is 0.500. The molecule has 174 valence electrons. The molecule has 0 aliphatic heterocycles. The second-order valence-electron chi connectivity index (χ2n) is 7.82. The van der Waals surface area contributed by atoms with Crippen molar-refractivity contribution < 1.29 is 23.5 Å². The molecule has 2 aromatic rings. The van der Waals surface area contributed by atoms with Crippen molar-refractivity contribution in [3.63, 3.8) is 0 Å². The lowest BCUT2D eigenvalue weighted by Crippen LogP contribution is -2.47. The molecule has 1 N–H and O–H groups in total. The van der Waals surface area contributed by atoms with Gasteiger partial charge in [-0.1, -0.05) is 25.3 Å². The van der Waals surface area contributed by atoms with E-state index in [0.29, 0.717) is 29.4 Å². The largest absolute Gasteiger partial charge is 0.493 e. The van der Waals surface area contributed by atoms with E-state index in [1.165, 1.54) is 17.6 Å². The average Bonchev–Trinajstić information content (AvgIpc) is 3.33. The SMILES string of the molecule is CCOc1ccc([C@@H](C(=O)NC2CCCCC2)N(Cc2ccco2)C(=O)CCl)cc1OC. The molecule has 1 heterocycles. The van der Waals surface area contributed by atoms with Gasteiger partial charge >= 0.3 is 0 Å². The fourth-order valence-electron chi connectivity index (χ4n) is 4.10.